The zero-order valence-electron chi connectivity index (χ0n) is 6.35. The lowest BCUT2D eigenvalue weighted by atomic mass is 10.0. The van der Waals surface area contributed by atoms with E-state index in [-0.39, 0.29) is 5.92 Å². The summed E-state index contributed by atoms with van der Waals surface area (Å²) in [6.45, 7) is 5.97. The molecule has 1 atom stereocenters. The van der Waals surface area contributed by atoms with Crippen molar-refractivity contribution in [2.24, 2.45) is 5.92 Å². The predicted molar refractivity (Wildman–Crippen MR) is 39.3 cm³/mol. The summed E-state index contributed by atoms with van der Waals surface area (Å²) >= 11 is 0. The van der Waals surface area contributed by atoms with Gasteiger partial charge in [0.25, 0.3) is 0 Å². The Kier molecular flexibility index (Phi) is 4.02. The minimum absolute atomic E-state index is 0.182. The Morgan fingerprint density at radius 3 is 2.56 bits per heavy atom. The van der Waals surface area contributed by atoms with Gasteiger partial charge in [-0.25, -0.2) is 0 Å². The summed E-state index contributed by atoms with van der Waals surface area (Å²) in [5.41, 5.74) is 1.29. The Balaban J connectivity index is 3.59. The topological polar surface area (TPSA) is 17.1 Å². The van der Waals surface area contributed by atoms with Crippen molar-refractivity contribution >= 4 is 6.29 Å². The van der Waals surface area contributed by atoms with Gasteiger partial charge in [0.2, 0.25) is 0 Å². The van der Waals surface area contributed by atoms with Crippen molar-refractivity contribution in [3.05, 3.63) is 11.6 Å². The van der Waals surface area contributed by atoms with Crippen molar-refractivity contribution in [3.63, 3.8) is 0 Å². The molecule has 0 aliphatic heterocycles. The lowest BCUT2D eigenvalue weighted by molar-refractivity contribution is -0.110. The van der Waals surface area contributed by atoms with Gasteiger partial charge in [0, 0.05) is 5.92 Å². The smallest absolute Gasteiger partial charge is 0.123 e. The van der Waals surface area contributed by atoms with Crippen LogP contribution in [0.3, 0.4) is 0 Å². The Morgan fingerprint density at radius 2 is 2.22 bits per heavy atom. The third-order valence-corrected chi connectivity index (χ3v) is 1.37. The maximum Gasteiger partial charge on any atom is 0.123 e. The van der Waals surface area contributed by atoms with Crippen LogP contribution < -0.4 is 0 Å². The molecule has 0 saturated heterocycles. The van der Waals surface area contributed by atoms with Crippen molar-refractivity contribution in [1.82, 2.24) is 0 Å². The van der Waals surface area contributed by atoms with E-state index >= 15 is 0 Å². The van der Waals surface area contributed by atoms with Gasteiger partial charge in [-0.1, -0.05) is 18.6 Å². The number of carbonyl (C=O) groups is 1. The monoisotopic (exact) mass is 126 g/mol. The molecule has 0 rings (SSSR count). The SMILES string of the molecule is C/C=C(\C)CC(C)C=O. The molecule has 9 heavy (non-hydrogen) atoms. The fraction of sp³-hybridized carbons (Fsp3) is 0.625. The molecule has 0 heterocycles. The standard InChI is InChI=1S/C8H14O/c1-4-7(2)5-8(3)6-9/h4,6,8H,5H2,1-3H3/b7-4+. The normalized spacial score (nSPS) is 15.2. The highest BCUT2D eigenvalue weighted by molar-refractivity contribution is 5.53. The summed E-state index contributed by atoms with van der Waals surface area (Å²) in [4.78, 5) is 10.1. The number of carbonyl (C=O) groups excluding carboxylic acids is 1. The van der Waals surface area contributed by atoms with E-state index in [9.17, 15) is 4.79 Å². The van der Waals surface area contributed by atoms with Crippen LogP contribution in [0.4, 0.5) is 0 Å². The number of hydrogen-bond donors (Lipinski definition) is 0. The van der Waals surface area contributed by atoms with Gasteiger partial charge in [0.1, 0.15) is 6.29 Å². The van der Waals surface area contributed by atoms with Crippen LogP contribution in [0.5, 0.6) is 0 Å². The molecule has 0 amide bonds. The fourth-order valence-electron chi connectivity index (χ4n) is 0.674. The lowest BCUT2D eigenvalue weighted by Crippen LogP contribution is -1.95. The van der Waals surface area contributed by atoms with Gasteiger partial charge >= 0.3 is 0 Å². The molecule has 0 bridgehead atoms. The van der Waals surface area contributed by atoms with Crippen molar-refractivity contribution in [1.29, 1.82) is 0 Å². The minimum Gasteiger partial charge on any atom is -0.303 e. The molecule has 1 heteroatoms. The first kappa shape index (κ1) is 8.41. The zero-order chi connectivity index (χ0) is 7.28. The zero-order valence-corrected chi connectivity index (χ0v) is 6.35. The van der Waals surface area contributed by atoms with Crippen molar-refractivity contribution in [3.8, 4) is 0 Å². The third-order valence-electron chi connectivity index (χ3n) is 1.37. The molecule has 0 spiro atoms. The van der Waals surface area contributed by atoms with Gasteiger partial charge in [-0.05, 0) is 20.3 Å². The minimum atomic E-state index is 0.182. The highest BCUT2D eigenvalue weighted by Crippen LogP contribution is 2.06. The average Bonchev–Trinajstić information content (AvgIpc) is 1.87. The van der Waals surface area contributed by atoms with Crippen LogP contribution in [0.2, 0.25) is 0 Å². The molecule has 1 nitrogen and oxygen atoms in total. The maximum absolute atomic E-state index is 10.1. The predicted octanol–water partition coefficient (Wildman–Crippen LogP) is 2.18. The van der Waals surface area contributed by atoms with Crippen LogP contribution >= 0.6 is 0 Å². The maximum atomic E-state index is 10.1. The molecular formula is C8H14O. The number of hydrogen-bond acceptors (Lipinski definition) is 1. The summed E-state index contributed by atoms with van der Waals surface area (Å²) in [5.74, 6) is 0.182. The van der Waals surface area contributed by atoms with Gasteiger partial charge in [0.05, 0.1) is 0 Å². The molecule has 0 fully saturated rings. The summed E-state index contributed by atoms with van der Waals surface area (Å²) in [6.07, 6.45) is 3.94. The van der Waals surface area contributed by atoms with Crippen LogP contribution in [-0.4, -0.2) is 6.29 Å². The Morgan fingerprint density at radius 1 is 1.67 bits per heavy atom. The molecule has 1 unspecified atom stereocenters. The Bertz CT molecular complexity index is 114. The second-order valence-corrected chi connectivity index (χ2v) is 2.45. The largest absolute Gasteiger partial charge is 0.303 e. The third kappa shape index (κ3) is 3.95. The lowest BCUT2D eigenvalue weighted by Gasteiger charge is -2.00. The van der Waals surface area contributed by atoms with E-state index in [2.05, 4.69) is 0 Å². The van der Waals surface area contributed by atoms with Crippen LogP contribution in [-0.2, 0) is 4.79 Å². The van der Waals surface area contributed by atoms with Gasteiger partial charge < -0.3 is 4.79 Å². The molecule has 0 saturated carbocycles. The van der Waals surface area contributed by atoms with Crippen LogP contribution in [0.1, 0.15) is 27.2 Å². The van der Waals surface area contributed by atoms with E-state index in [1.165, 1.54) is 5.57 Å². The molecular weight excluding hydrogens is 112 g/mol. The van der Waals surface area contributed by atoms with Crippen molar-refractivity contribution < 1.29 is 4.79 Å². The molecule has 52 valence electrons. The molecule has 0 aliphatic rings. The van der Waals surface area contributed by atoms with E-state index in [0.717, 1.165) is 12.7 Å². The van der Waals surface area contributed by atoms with Gasteiger partial charge in [0.15, 0.2) is 0 Å². The quantitative estimate of drug-likeness (QED) is 0.418. The molecule has 0 aromatic heterocycles. The summed E-state index contributed by atoms with van der Waals surface area (Å²) < 4.78 is 0. The number of allylic oxidation sites excluding steroid dienone is 2. The molecule has 0 N–H and O–H groups in total. The van der Waals surface area contributed by atoms with Gasteiger partial charge in [-0.2, -0.15) is 0 Å². The average molecular weight is 126 g/mol. The van der Waals surface area contributed by atoms with E-state index in [0.29, 0.717) is 0 Å². The second-order valence-electron chi connectivity index (χ2n) is 2.45. The summed E-state index contributed by atoms with van der Waals surface area (Å²) in [7, 11) is 0. The summed E-state index contributed by atoms with van der Waals surface area (Å²) in [6, 6.07) is 0. The van der Waals surface area contributed by atoms with E-state index < -0.39 is 0 Å². The van der Waals surface area contributed by atoms with Crippen molar-refractivity contribution in [2.45, 2.75) is 27.2 Å². The van der Waals surface area contributed by atoms with Gasteiger partial charge in [-0.3, -0.25) is 0 Å². The van der Waals surface area contributed by atoms with Crippen molar-refractivity contribution in [2.75, 3.05) is 0 Å². The molecule has 0 radical (unpaired) electrons. The number of aldehydes is 1. The van der Waals surface area contributed by atoms with Crippen LogP contribution in [0.15, 0.2) is 11.6 Å². The molecule has 0 aromatic carbocycles. The van der Waals surface area contributed by atoms with E-state index in [4.69, 9.17) is 0 Å². The summed E-state index contributed by atoms with van der Waals surface area (Å²) in [5, 5.41) is 0. The highest BCUT2D eigenvalue weighted by Gasteiger charge is 1.97. The first-order valence-corrected chi connectivity index (χ1v) is 3.27. The highest BCUT2D eigenvalue weighted by atomic mass is 16.1. The Hall–Kier alpha value is -0.590. The van der Waals surface area contributed by atoms with E-state index in [1.54, 1.807) is 0 Å². The fourth-order valence-corrected chi connectivity index (χ4v) is 0.674. The van der Waals surface area contributed by atoms with E-state index in [1.807, 2.05) is 26.8 Å². The molecule has 0 aliphatic carbocycles. The van der Waals surface area contributed by atoms with Crippen LogP contribution in [0, 0.1) is 5.92 Å². The molecule has 0 aromatic rings. The number of rotatable bonds is 3. The van der Waals surface area contributed by atoms with Crippen LogP contribution in [0.25, 0.3) is 0 Å². The van der Waals surface area contributed by atoms with Gasteiger partial charge in [-0.15, -0.1) is 0 Å². The Labute approximate surface area is 56.8 Å². The second kappa shape index (κ2) is 4.30. The first-order chi connectivity index (χ1) is 4.20. The first-order valence-electron chi connectivity index (χ1n) is 3.27.